The number of aromatic nitrogens is 2. The number of hydrogen-bond acceptors (Lipinski definition) is 5. The normalized spacial score (nSPS) is 23.2. The predicted octanol–water partition coefficient (Wildman–Crippen LogP) is 3.77. The van der Waals surface area contributed by atoms with Crippen molar-refractivity contribution in [3.05, 3.63) is 65.9 Å². The number of aryl methyl sites for hydroxylation is 1. The van der Waals surface area contributed by atoms with Crippen molar-refractivity contribution in [2.45, 2.75) is 24.8 Å². The Morgan fingerprint density at radius 1 is 1.14 bits per heavy atom. The van der Waals surface area contributed by atoms with Gasteiger partial charge in [-0.15, -0.1) is 0 Å². The predicted molar refractivity (Wildman–Crippen MR) is 139 cm³/mol. The first kappa shape index (κ1) is 23.4. The molecule has 0 spiro atoms. The van der Waals surface area contributed by atoms with Crippen molar-refractivity contribution in [2.75, 3.05) is 45.7 Å². The maximum absolute atomic E-state index is 12.6. The second kappa shape index (κ2) is 9.74. The lowest BCUT2D eigenvalue weighted by Gasteiger charge is -2.50. The molecule has 0 aliphatic carbocycles. The number of amides is 1. The van der Waals surface area contributed by atoms with Crippen LogP contribution in [0.1, 0.15) is 34.8 Å². The minimum absolute atomic E-state index is 0.0246. The molecular formula is C28H35N5O2. The van der Waals surface area contributed by atoms with E-state index in [9.17, 15) is 4.79 Å². The number of rotatable bonds is 7. The summed E-state index contributed by atoms with van der Waals surface area (Å²) in [6.45, 7) is 2.80. The molecule has 2 aromatic carbocycles. The number of fused-ring (bicyclic) bond motifs is 3. The molecular weight excluding hydrogens is 438 g/mol. The smallest absolute Gasteiger partial charge is 0.251 e. The van der Waals surface area contributed by atoms with Crippen LogP contribution in [-0.2, 0) is 7.05 Å². The average molecular weight is 474 g/mol. The standard InChI is InChI=1S/C28H35N5O2/c1-31(2)22-9-5-19(6-10-22)26-16-27(32(3)30-26)25-18-33-14-13-21(25)15-23(33)17-29-28(34)20-7-11-24(35-4)12-8-20/h5-12,16,21,23,25H,13-15,17-18H2,1-4H3,(H,29,34)/t21-,23+,25+/m0/s1. The number of nitrogens with zero attached hydrogens (tertiary/aromatic N) is 4. The number of methoxy groups -OCH3 is 1. The van der Waals surface area contributed by atoms with Gasteiger partial charge in [-0.1, -0.05) is 12.1 Å². The van der Waals surface area contributed by atoms with Gasteiger partial charge >= 0.3 is 0 Å². The Kier molecular flexibility index (Phi) is 6.52. The molecule has 7 nitrogen and oxygen atoms in total. The van der Waals surface area contributed by atoms with Crippen LogP contribution in [0.2, 0.25) is 0 Å². The quantitative estimate of drug-likeness (QED) is 0.566. The third kappa shape index (κ3) is 4.78. The van der Waals surface area contributed by atoms with Gasteiger partial charge in [-0.25, -0.2) is 0 Å². The molecule has 6 rings (SSSR count). The molecule has 3 fully saturated rings. The zero-order valence-electron chi connectivity index (χ0n) is 21.1. The van der Waals surface area contributed by atoms with E-state index in [1.54, 1.807) is 7.11 Å². The number of piperidine rings is 3. The summed E-state index contributed by atoms with van der Waals surface area (Å²) >= 11 is 0. The van der Waals surface area contributed by atoms with Gasteiger partial charge in [0, 0.05) is 68.7 Å². The van der Waals surface area contributed by atoms with E-state index in [4.69, 9.17) is 9.84 Å². The summed E-state index contributed by atoms with van der Waals surface area (Å²) in [6, 6.07) is 18.5. The molecule has 1 aromatic heterocycles. The van der Waals surface area contributed by atoms with Crippen LogP contribution in [0.4, 0.5) is 5.69 Å². The molecule has 3 aromatic rings. The molecule has 1 amide bonds. The fraction of sp³-hybridized carbons (Fsp3) is 0.429. The number of hydrogen-bond donors (Lipinski definition) is 1. The molecule has 184 valence electrons. The third-order valence-corrected chi connectivity index (χ3v) is 7.70. The van der Waals surface area contributed by atoms with Crippen LogP contribution in [0.3, 0.4) is 0 Å². The van der Waals surface area contributed by atoms with Crippen molar-refractivity contribution in [1.29, 1.82) is 0 Å². The molecule has 0 saturated carbocycles. The minimum atomic E-state index is -0.0246. The average Bonchev–Trinajstić information content (AvgIpc) is 3.29. The van der Waals surface area contributed by atoms with Crippen LogP contribution in [0, 0.1) is 5.92 Å². The highest BCUT2D eigenvalue weighted by Crippen LogP contribution is 2.42. The molecule has 3 aliphatic heterocycles. The van der Waals surface area contributed by atoms with Crippen molar-refractivity contribution in [1.82, 2.24) is 20.0 Å². The van der Waals surface area contributed by atoms with Crippen LogP contribution >= 0.6 is 0 Å². The monoisotopic (exact) mass is 473 g/mol. The van der Waals surface area contributed by atoms with Crippen molar-refractivity contribution >= 4 is 11.6 Å². The van der Waals surface area contributed by atoms with E-state index in [0.29, 0.717) is 30.0 Å². The van der Waals surface area contributed by atoms with Gasteiger partial charge in [0.25, 0.3) is 5.91 Å². The summed E-state index contributed by atoms with van der Waals surface area (Å²) in [5.41, 5.74) is 5.35. The summed E-state index contributed by atoms with van der Waals surface area (Å²) in [5.74, 6) is 1.82. The Labute approximate surface area is 207 Å². The molecule has 1 unspecified atom stereocenters. The highest BCUT2D eigenvalue weighted by Gasteiger charge is 2.41. The SMILES string of the molecule is COc1ccc(C(=O)NC[C@H]2C[C@@H]3CCN2C[C@H]3c2cc(-c3ccc(N(C)C)cc3)nn2C)cc1. The van der Waals surface area contributed by atoms with Gasteiger partial charge in [0.05, 0.1) is 12.8 Å². The Hall–Kier alpha value is -3.32. The maximum Gasteiger partial charge on any atom is 0.251 e. The Morgan fingerprint density at radius 2 is 1.89 bits per heavy atom. The van der Waals surface area contributed by atoms with E-state index in [-0.39, 0.29) is 5.91 Å². The lowest BCUT2D eigenvalue weighted by molar-refractivity contribution is 0.0280. The maximum atomic E-state index is 12.6. The van der Waals surface area contributed by atoms with Crippen LogP contribution in [0.25, 0.3) is 11.3 Å². The van der Waals surface area contributed by atoms with Crippen LogP contribution < -0.4 is 15.0 Å². The molecule has 35 heavy (non-hydrogen) atoms. The van der Waals surface area contributed by atoms with E-state index in [1.807, 2.05) is 24.3 Å². The second-order valence-corrected chi connectivity index (χ2v) is 10.00. The second-order valence-electron chi connectivity index (χ2n) is 10.00. The van der Waals surface area contributed by atoms with Gasteiger partial charge < -0.3 is 15.0 Å². The Balaban J connectivity index is 1.23. The topological polar surface area (TPSA) is 62.6 Å². The van der Waals surface area contributed by atoms with Crippen LogP contribution in [0.5, 0.6) is 5.75 Å². The number of carbonyl (C=O) groups is 1. The highest BCUT2D eigenvalue weighted by molar-refractivity contribution is 5.94. The lowest BCUT2D eigenvalue weighted by Crippen LogP contribution is -2.56. The fourth-order valence-electron chi connectivity index (χ4n) is 5.64. The van der Waals surface area contributed by atoms with E-state index in [2.05, 4.69) is 71.3 Å². The number of carbonyl (C=O) groups excluding carboxylic acids is 1. The molecule has 2 bridgehead atoms. The van der Waals surface area contributed by atoms with Gasteiger partial charge in [0.2, 0.25) is 0 Å². The molecule has 1 N–H and O–H groups in total. The third-order valence-electron chi connectivity index (χ3n) is 7.70. The summed E-state index contributed by atoms with van der Waals surface area (Å²) in [7, 11) is 7.80. The summed E-state index contributed by atoms with van der Waals surface area (Å²) < 4.78 is 7.26. The van der Waals surface area contributed by atoms with Gasteiger partial charge in [0.15, 0.2) is 0 Å². The number of nitrogens with one attached hydrogen (secondary N) is 1. The number of benzene rings is 2. The lowest BCUT2D eigenvalue weighted by atomic mass is 9.74. The van der Waals surface area contributed by atoms with Crippen molar-refractivity contribution in [2.24, 2.45) is 13.0 Å². The van der Waals surface area contributed by atoms with Crippen LogP contribution in [-0.4, -0.2) is 67.5 Å². The Morgan fingerprint density at radius 3 is 2.51 bits per heavy atom. The zero-order valence-corrected chi connectivity index (χ0v) is 21.1. The van der Waals surface area contributed by atoms with E-state index < -0.39 is 0 Å². The van der Waals surface area contributed by atoms with E-state index >= 15 is 0 Å². The molecule has 4 heterocycles. The fourth-order valence-corrected chi connectivity index (χ4v) is 5.64. The number of anilines is 1. The molecule has 3 saturated heterocycles. The van der Waals surface area contributed by atoms with Gasteiger partial charge in [0.1, 0.15) is 5.75 Å². The van der Waals surface area contributed by atoms with Crippen molar-refractivity contribution in [3.63, 3.8) is 0 Å². The first-order valence-corrected chi connectivity index (χ1v) is 12.4. The van der Waals surface area contributed by atoms with Gasteiger partial charge in [-0.3, -0.25) is 14.4 Å². The first-order valence-electron chi connectivity index (χ1n) is 12.4. The van der Waals surface area contributed by atoms with Crippen molar-refractivity contribution < 1.29 is 9.53 Å². The summed E-state index contributed by atoms with van der Waals surface area (Å²) in [5, 5.41) is 8.01. The molecule has 3 aliphatic rings. The molecule has 4 atom stereocenters. The van der Waals surface area contributed by atoms with Gasteiger partial charge in [-0.2, -0.15) is 5.10 Å². The molecule has 7 heteroatoms. The van der Waals surface area contributed by atoms with Gasteiger partial charge in [-0.05, 0) is 67.8 Å². The van der Waals surface area contributed by atoms with E-state index in [0.717, 1.165) is 36.5 Å². The Bertz CT molecular complexity index is 1170. The largest absolute Gasteiger partial charge is 0.497 e. The minimum Gasteiger partial charge on any atom is -0.497 e. The van der Waals surface area contributed by atoms with Crippen molar-refractivity contribution in [3.8, 4) is 17.0 Å². The van der Waals surface area contributed by atoms with E-state index in [1.165, 1.54) is 17.8 Å². The summed E-state index contributed by atoms with van der Waals surface area (Å²) in [6.07, 6.45) is 2.30. The zero-order chi connectivity index (χ0) is 24.5. The number of ether oxygens (including phenoxy) is 1. The van der Waals surface area contributed by atoms with Crippen LogP contribution in [0.15, 0.2) is 54.6 Å². The first-order chi connectivity index (χ1) is 16.9. The highest BCUT2D eigenvalue weighted by atomic mass is 16.5. The summed E-state index contributed by atoms with van der Waals surface area (Å²) in [4.78, 5) is 17.3. The molecule has 0 radical (unpaired) electrons.